The summed E-state index contributed by atoms with van der Waals surface area (Å²) in [6.07, 6.45) is 0. The average Bonchev–Trinajstić information content (AvgIpc) is 2.30. The van der Waals surface area contributed by atoms with Crippen molar-refractivity contribution in [3.63, 3.8) is 0 Å². The minimum atomic E-state index is -0.427. The van der Waals surface area contributed by atoms with Crippen LogP contribution in [0, 0.1) is 10.1 Å². The van der Waals surface area contributed by atoms with Gasteiger partial charge in [0.15, 0.2) is 5.96 Å². The van der Waals surface area contributed by atoms with Crippen LogP contribution in [0.25, 0.3) is 0 Å². The topological polar surface area (TPSA) is 70.8 Å². The number of aliphatic imine (C=N–C) groups is 1. The van der Waals surface area contributed by atoms with Crippen molar-refractivity contribution < 1.29 is 4.92 Å². The molecule has 0 fully saturated rings. The molecule has 98 valence electrons. The van der Waals surface area contributed by atoms with E-state index >= 15 is 0 Å². The van der Waals surface area contributed by atoms with Crippen LogP contribution in [0.5, 0.6) is 0 Å². The summed E-state index contributed by atoms with van der Waals surface area (Å²) in [5.74, 6) is 0.652. The molecule has 7 heteroatoms. The third-order valence-electron chi connectivity index (χ3n) is 2.14. The van der Waals surface area contributed by atoms with Gasteiger partial charge in [0.05, 0.1) is 10.6 Å². The smallest absolute Gasteiger partial charge is 0.271 e. The Kier molecular flexibility index (Phi) is 5.08. The second-order valence-corrected chi connectivity index (χ2v) is 4.59. The molecule has 1 N–H and O–H groups in total. The molecule has 0 aliphatic carbocycles. The first kappa shape index (κ1) is 14.4. The predicted molar refractivity (Wildman–Crippen MR) is 76.1 cm³/mol. The molecule has 0 spiro atoms. The van der Waals surface area contributed by atoms with Crippen LogP contribution in [0.1, 0.15) is 6.92 Å². The number of anilines is 1. The van der Waals surface area contributed by atoms with E-state index in [9.17, 15) is 10.1 Å². The largest absolute Gasteiger partial charge is 0.349 e. The third-order valence-corrected chi connectivity index (χ3v) is 2.83. The van der Waals surface area contributed by atoms with Gasteiger partial charge >= 0.3 is 0 Å². The van der Waals surface area contributed by atoms with Gasteiger partial charge in [-0.1, -0.05) is 0 Å². The maximum atomic E-state index is 10.7. The van der Waals surface area contributed by atoms with Crippen molar-refractivity contribution in [3.8, 4) is 0 Å². The van der Waals surface area contributed by atoms with Crippen LogP contribution < -0.4 is 5.32 Å². The molecule has 1 aromatic rings. The molecule has 0 unspecified atom stereocenters. The molecular weight excluding hydrogens is 300 g/mol. The van der Waals surface area contributed by atoms with Gasteiger partial charge in [0.1, 0.15) is 0 Å². The summed E-state index contributed by atoms with van der Waals surface area (Å²) in [4.78, 5) is 16.4. The highest BCUT2D eigenvalue weighted by atomic mass is 79.9. The second-order valence-electron chi connectivity index (χ2n) is 3.74. The van der Waals surface area contributed by atoms with E-state index in [4.69, 9.17) is 0 Å². The lowest BCUT2D eigenvalue weighted by Crippen LogP contribution is -2.30. The van der Waals surface area contributed by atoms with Crippen LogP contribution in [0.3, 0.4) is 0 Å². The number of benzene rings is 1. The molecule has 0 heterocycles. The number of rotatable bonds is 3. The molecule has 0 amide bonds. The van der Waals surface area contributed by atoms with Gasteiger partial charge in [-0.05, 0) is 28.9 Å². The summed E-state index contributed by atoms with van der Waals surface area (Å²) in [5, 5.41) is 13.8. The fraction of sp³-hybridized carbons (Fsp3) is 0.364. The number of nitrogens with zero attached hydrogens (tertiary/aromatic N) is 3. The van der Waals surface area contributed by atoms with E-state index in [0.717, 1.165) is 4.47 Å². The minimum Gasteiger partial charge on any atom is -0.349 e. The standard InChI is InChI=1S/C11H15BrN4O2/c1-4-13-11(15(2)3)14-10-7-8(16(17)18)5-6-9(10)12/h5-7H,4H2,1-3H3,(H,13,14). The number of guanidine groups is 1. The van der Waals surface area contributed by atoms with Crippen molar-refractivity contribution in [2.75, 3.05) is 26.0 Å². The zero-order valence-electron chi connectivity index (χ0n) is 10.5. The van der Waals surface area contributed by atoms with Gasteiger partial charge in [0, 0.05) is 37.2 Å². The van der Waals surface area contributed by atoms with Crippen LogP contribution in [-0.4, -0.2) is 36.4 Å². The second kappa shape index (κ2) is 6.34. The van der Waals surface area contributed by atoms with Gasteiger partial charge in [0.25, 0.3) is 5.69 Å². The summed E-state index contributed by atoms with van der Waals surface area (Å²) in [5.41, 5.74) is 0.653. The summed E-state index contributed by atoms with van der Waals surface area (Å²) in [6, 6.07) is 4.56. The highest BCUT2D eigenvalue weighted by Crippen LogP contribution is 2.27. The average molecular weight is 315 g/mol. The molecule has 18 heavy (non-hydrogen) atoms. The lowest BCUT2D eigenvalue weighted by atomic mass is 10.3. The number of nitro benzene ring substituents is 1. The van der Waals surface area contributed by atoms with Crippen molar-refractivity contribution >= 4 is 33.3 Å². The summed E-state index contributed by atoms with van der Waals surface area (Å²) in [7, 11) is 3.71. The number of nitro groups is 1. The Morgan fingerprint density at radius 2 is 2.22 bits per heavy atom. The highest BCUT2D eigenvalue weighted by molar-refractivity contribution is 9.10. The van der Waals surface area contributed by atoms with Crippen molar-refractivity contribution in [1.82, 2.24) is 4.90 Å². The number of hydrogen-bond donors (Lipinski definition) is 1. The Bertz CT molecular complexity index is 474. The molecule has 0 atom stereocenters. The molecule has 0 saturated heterocycles. The molecule has 1 aromatic carbocycles. The van der Waals surface area contributed by atoms with E-state index < -0.39 is 4.92 Å². The molecule has 6 nitrogen and oxygen atoms in total. The molecule has 0 saturated carbocycles. The zero-order chi connectivity index (χ0) is 13.7. The monoisotopic (exact) mass is 314 g/mol. The van der Waals surface area contributed by atoms with Crippen LogP contribution in [0.4, 0.5) is 11.4 Å². The molecule has 1 rings (SSSR count). The van der Waals surface area contributed by atoms with Gasteiger partial charge in [-0.2, -0.15) is 0 Å². The third kappa shape index (κ3) is 3.69. The Balaban J connectivity index is 3.05. The normalized spacial score (nSPS) is 11.2. The molecule has 0 aliphatic rings. The number of hydrogen-bond acceptors (Lipinski definition) is 3. The quantitative estimate of drug-likeness (QED) is 0.403. The van der Waals surface area contributed by atoms with E-state index in [0.29, 0.717) is 18.2 Å². The van der Waals surface area contributed by atoms with Crippen molar-refractivity contribution in [2.45, 2.75) is 6.92 Å². The molecular formula is C11H15BrN4O2. The van der Waals surface area contributed by atoms with Gasteiger partial charge in [-0.15, -0.1) is 0 Å². The Labute approximate surface area is 114 Å². The van der Waals surface area contributed by atoms with Crippen molar-refractivity contribution in [3.05, 3.63) is 32.8 Å². The maximum absolute atomic E-state index is 10.7. The zero-order valence-corrected chi connectivity index (χ0v) is 12.1. The summed E-state index contributed by atoms with van der Waals surface area (Å²) in [6.45, 7) is 2.56. The Hall–Kier alpha value is -1.63. The first-order valence-corrected chi connectivity index (χ1v) is 6.17. The van der Waals surface area contributed by atoms with E-state index in [1.165, 1.54) is 12.1 Å². The molecule has 0 radical (unpaired) electrons. The fourth-order valence-electron chi connectivity index (χ4n) is 1.29. The van der Waals surface area contributed by atoms with E-state index in [1.54, 1.807) is 6.07 Å². The van der Waals surface area contributed by atoms with Gasteiger partial charge in [-0.25, -0.2) is 0 Å². The van der Waals surface area contributed by atoms with Gasteiger partial charge in [-0.3, -0.25) is 15.1 Å². The Morgan fingerprint density at radius 1 is 1.56 bits per heavy atom. The lowest BCUT2D eigenvalue weighted by Gasteiger charge is -2.18. The number of nitrogens with one attached hydrogen (secondary N) is 1. The molecule has 0 bridgehead atoms. The predicted octanol–water partition coefficient (Wildman–Crippen LogP) is 2.71. The number of non-ortho nitro benzene ring substituents is 1. The summed E-state index contributed by atoms with van der Waals surface area (Å²) < 4.78 is 0.749. The van der Waals surface area contributed by atoms with E-state index in [-0.39, 0.29) is 5.69 Å². The first-order chi connectivity index (χ1) is 8.45. The number of halogens is 1. The summed E-state index contributed by atoms with van der Waals surface area (Å²) >= 11 is 3.35. The first-order valence-electron chi connectivity index (χ1n) is 5.38. The van der Waals surface area contributed by atoms with Crippen LogP contribution >= 0.6 is 15.9 Å². The van der Waals surface area contributed by atoms with Crippen LogP contribution in [0.15, 0.2) is 27.7 Å². The van der Waals surface area contributed by atoms with E-state index in [1.807, 2.05) is 25.9 Å². The van der Waals surface area contributed by atoms with Gasteiger partial charge < -0.3 is 10.2 Å². The SMILES string of the molecule is CCN=C(Nc1cc([N+](=O)[O-])ccc1Br)N(C)C. The Morgan fingerprint density at radius 3 is 2.72 bits per heavy atom. The van der Waals surface area contributed by atoms with Crippen LogP contribution in [-0.2, 0) is 0 Å². The molecule has 0 aromatic heterocycles. The lowest BCUT2D eigenvalue weighted by molar-refractivity contribution is -0.384. The minimum absolute atomic E-state index is 0.0373. The maximum Gasteiger partial charge on any atom is 0.271 e. The van der Waals surface area contributed by atoms with Crippen LogP contribution in [0.2, 0.25) is 0 Å². The molecule has 0 aliphatic heterocycles. The van der Waals surface area contributed by atoms with E-state index in [2.05, 4.69) is 26.2 Å². The van der Waals surface area contributed by atoms with Gasteiger partial charge in [0.2, 0.25) is 0 Å². The highest BCUT2D eigenvalue weighted by Gasteiger charge is 2.11. The fourth-order valence-corrected chi connectivity index (χ4v) is 1.63. The van der Waals surface area contributed by atoms with Crippen molar-refractivity contribution in [2.24, 2.45) is 4.99 Å². The van der Waals surface area contributed by atoms with Crippen molar-refractivity contribution in [1.29, 1.82) is 0 Å².